The van der Waals surface area contributed by atoms with Gasteiger partial charge in [-0.1, -0.05) is 0 Å². The summed E-state index contributed by atoms with van der Waals surface area (Å²) in [6.07, 6.45) is 1.78. The van der Waals surface area contributed by atoms with E-state index in [1.165, 1.54) is 4.90 Å². The van der Waals surface area contributed by atoms with Crippen molar-refractivity contribution in [2.24, 2.45) is 5.92 Å². The van der Waals surface area contributed by atoms with Crippen LogP contribution in [0.5, 0.6) is 0 Å². The number of imide groups is 1. The molecule has 0 saturated carbocycles. The molecule has 0 aliphatic carbocycles. The number of piperazine rings is 1. The summed E-state index contributed by atoms with van der Waals surface area (Å²) in [5.74, 6) is -0.985. The van der Waals surface area contributed by atoms with E-state index >= 15 is 0 Å². The highest BCUT2D eigenvalue weighted by Gasteiger charge is 2.36. The lowest BCUT2D eigenvalue weighted by Gasteiger charge is -2.35. The van der Waals surface area contributed by atoms with Gasteiger partial charge in [0.25, 0.3) is 0 Å². The molecule has 0 bridgehead atoms. The quantitative estimate of drug-likeness (QED) is 0.567. The van der Waals surface area contributed by atoms with Gasteiger partial charge in [0, 0.05) is 6.54 Å². The highest BCUT2D eigenvalue weighted by atomic mass is 16.2. The zero-order chi connectivity index (χ0) is 12.4. The molecule has 2 heterocycles. The second-order valence-corrected chi connectivity index (χ2v) is 4.60. The fourth-order valence-electron chi connectivity index (χ4n) is 2.28. The summed E-state index contributed by atoms with van der Waals surface area (Å²) in [7, 11) is 0. The van der Waals surface area contributed by atoms with Gasteiger partial charge in [-0.15, -0.1) is 0 Å². The molecule has 0 spiro atoms. The zero-order valence-electron chi connectivity index (χ0n) is 9.86. The number of carbonyl (C=O) groups is 3. The lowest BCUT2D eigenvalue weighted by Crippen LogP contribution is -2.60. The lowest BCUT2D eigenvalue weighted by atomic mass is 9.97. The van der Waals surface area contributed by atoms with Gasteiger partial charge < -0.3 is 10.2 Å². The van der Waals surface area contributed by atoms with Crippen LogP contribution < -0.4 is 10.6 Å². The molecule has 2 aliphatic rings. The van der Waals surface area contributed by atoms with Crippen molar-refractivity contribution in [1.29, 1.82) is 0 Å². The largest absolute Gasteiger partial charge is 0.321 e. The molecule has 2 fully saturated rings. The number of hydrogen-bond donors (Lipinski definition) is 2. The minimum atomic E-state index is -0.554. The Bertz CT molecular complexity index is 350. The van der Waals surface area contributed by atoms with E-state index in [-0.39, 0.29) is 18.4 Å². The van der Waals surface area contributed by atoms with Crippen molar-refractivity contribution in [1.82, 2.24) is 15.5 Å². The number of nitrogens with zero attached hydrogens (tertiary/aromatic N) is 1. The predicted octanol–water partition coefficient (Wildman–Crippen LogP) is -1.14. The maximum Gasteiger partial charge on any atom is 0.249 e. The van der Waals surface area contributed by atoms with Crippen LogP contribution in [0.4, 0.5) is 0 Å². The van der Waals surface area contributed by atoms with Crippen molar-refractivity contribution in [2.45, 2.75) is 25.8 Å². The maximum atomic E-state index is 12.2. The van der Waals surface area contributed by atoms with Crippen LogP contribution in [0.1, 0.15) is 19.8 Å². The Morgan fingerprint density at radius 2 is 2.18 bits per heavy atom. The summed E-state index contributed by atoms with van der Waals surface area (Å²) < 4.78 is 0. The van der Waals surface area contributed by atoms with Crippen LogP contribution in [0.2, 0.25) is 0 Å². The number of piperidine rings is 1. The van der Waals surface area contributed by atoms with E-state index in [2.05, 4.69) is 10.6 Å². The van der Waals surface area contributed by atoms with Crippen LogP contribution in [0.3, 0.4) is 0 Å². The molecule has 2 saturated heterocycles. The smallest absolute Gasteiger partial charge is 0.249 e. The Hall–Kier alpha value is -1.43. The first-order valence-corrected chi connectivity index (χ1v) is 5.94. The number of hydrogen-bond acceptors (Lipinski definition) is 4. The number of amides is 3. The molecule has 6 heteroatoms. The third-order valence-corrected chi connectivity index (χ3v) is 3.35. The molecule has 0 aromatic carbocycles. The van der Waals surface area contributed by atoms with Gasteiger partial charge in [-0.2, -0.15) is 0 Å². The Morgan fingerprint density at radius 3 is 2.82 bits per heavy atom. The topological polar surface area (TPSA) is 78.5 Å². The Kier molecular flexibility index (Phi) is 3.42. The van der Waals surface area contributed by atoms with Crippen molar-refractivity contribution >= 4 is 17.7 Å². The van der Waals surface area contributed by atoms with Crippen LogP contribution in [-0.2, 0) is 14.4 Å². The minimum Gasteiger partial charge on any atom is -0.321 e. The van der Waals surface area contributed by atoms with Crippen LogP contribution >= 0.6 is 0 Å². The summed E-state index contributed by atoms with van der Waals surface area (Å²) >= 11 is 0. The third-order valence-electron chi connectivity index (χ3n) is 3.35. The Balaban J connectivity index is 2.06. The van der Waals surface area contributed by atoms with Gasteiger partial charge in [-0.05, 0) is 26.3 Å². The van der Waals surface area contributed by atoms with E-state index in [9.17, 15) is 14.4 Å². The fraction of sp³-hybridized carbons (Fsp3) is 0.727. The summed E-state index contributed by atoms with van der Waals surface area (Å²) in [5.41, 5.74) is 0. The Morgan fingerprint density at radius 1 is 1.41 bits per heavy atom. The molecule has 3 amide bonds. The first-order chi connectivity index (χ1) is 8.09. The zero-order valence-corrected chi connectivity index (χ0v) is 9.86. The minimum absolute atomic E-state index is 0.0117. The molecule has 2 aliphatic heterocycles. The molecule has 6 nitrogen and oxygen atoms in total. The summed E-state index contributed by atoms with van der Waals surface area (Å²) in [6, 6.07) is -0.554. The predicted molar refractivity (Wildman–Crippen MR) is 59.9 cm³/mol. The van der Waals surface area contributed by atoms with Crippen molar-refractivity contribution in [3.8, 4) is 0 Å². The van der Waals surface area contributed by atoms with E-state index in [1.807, 2.05) is 0 Å². The number of rotatable bonds is 1. The summed E-state index contributed by atoms with van der Waals surface area (Å²) in [4.78, 5) is 36.3. The molecule has 0 radical (unpaired) electrons. The van der Waals surface area contributed by atoms with Crippen molar-refractivity contribution in [3.05, 3.63) is 0 Å². The van der Waals surface area contributed by atoms with Crippen molar-refractivity contribution < 1.29 is 14.4 Å². The van der Waals surface area contributed by atoms with Gasteiger partial charge in [-0.3, -0.25) is 19.7 Å². The van der Waals surface area contributed by atoms with Crippen LogP contribution in [0.25, 0.3) is 0 Å². The molecular weight excluding hydrogens is 222 g/mol. The van der Waals surface area contributed by atoms with Crippen LogP contribution in [-0.4, -0.2) is 48.3 Å². The molecular formula is C11H17N3O3. The molecule has 2 rings (SSSR count). The van der Waals surface area contributed by atoms with Gasteiger partial charge in [0.05, 0.1) is 5.92 Å². The Labute approximate surface area is 99.7 Å². The van der Waals surface area contributed by atoms with Gasteiger partial charge in [-0.25, -0.2) is 0 Å². The van der Waals surface area contributed by atoms with E-state index < -0.39 is 17.9 Å². The second-order valence-electron chi connectivity index (χ2n) is 4.60. The molecule has 2 atom stereocenters. The fourth-order valence-corrected chi connectivity index (χ4v) is 2.28. The average molecular weight is 239 g/mol. The molecule has 1 unspecified atom stereocenters. The first-order valence-electron chi connectivity index (χ1n) is 5.94. The van der Waals surface area contributed by atoms with E-state index in [0.717, 1.165) is 19.4 Å². The van der Waals surface area contributed by atoms with Gasteiger partial charge >= 0.3 is 0 Å². The first kappa shape index (κ1) is 12.0. The van der Waals surface area contributed by atoms with Gasteiger partial charge in [0.1, 0.15) is 12.6 Å². The molecule has 2 N–H and O–H groups in total. The number of nitrogens with one attached hydrogen (secondary N) is 2. The highest BCUT2D eigenvalue weighted by Crippen LogP contribution is 2.16. The van der Waals surface area contributed by atoms with Crippen LogP contribution in [0, 0.1) is 5.92 Å². The van der Waals surface area contributed by atoms with Crippen LogP contribution in [0.15, 0.2) is 0 Å². The molecule has 0 aromatic heterocycles. The molecule has 0 aromatic rings. The standard InChI is InChI=1S/C11H17N3O3/c1-7-10(16)13-9(15)6-14(7)11(17)8-3-2-4-12-5-8/h7-8,12H,2-6H2,1H3,(H,13,15,16)/t7?,8-/m1/s1. The molecule has 17 heavy (non-hydrogen) atoms. The van der Waals surface area contributed by atoms with Crippen molar-refractivity contribution in [3.63, 3.8) is 0 Å². The van der Waals surface area contributed by atoms with Crippen molar-refractivity contribution in [2.75, 3.05) is 19.6 Å². The summed E-state index contributed by atoms with van der Waals surface area (Å²) in [5, 5.41) is 5.39. The van der Waals surface area contributed by atoms with Gasteiger partial charge in [0.15, 0.2) is 0 Å². The maximum absolute atomic E-state index is 12.2. The molecule has 94 valence electrons. The third kappa shape index (κ3) is 2.46. The number of carbonyl (C=O) groups excluding carboxylic acids is 3. The van der Waals surface area contributed by atoms with E-state index in [0.29, 0.717) is 6.54 Å². The SMILES string of the molecule is CC1C(=O)NC(=O)CN1C(=O)[C@@H]1CCCNC1. The van der Waals surface area contributed by atoms with E-state index in [1.54, 1.807) is 6.92 Å². The summed E-state index contributed by atoms with van der Waals surface area (Å²) in [6.45, 7) is 3.20. The lowest BCUT2D eigenvalue weighted by molar-refractivity contribution is -0.151. The van der Waals surface area contributed by atoms with Gasteiger partial charge in [0.2, 0.25) is 17.7 Å². The second kappa shape index (κ2) is 4.83. The van der Waals surface area contributed by atoms with E-state index in [4.69, 9.17) is 0 Å². The monoisotopic (exact) mass is 239 g/mol. The average Bonchev–Trinajstić information content (AvgIpc) is 2.34. The normalized spacial score (nSPS) is 30.1. The highest BCUT2D eigenvalue weighted by molar-refractivity contribution is 6.04.